The van der Waals surface area contributed by atoms with Gasteiger partial charge >= 0.3 is 0 Å². The summed E-state index contributed by atoms with van der Waals surface area (Å²) < 4.78 is 24.3. The van der Waals surface area contributed by atoms with Crippen LogP contribution in [0.4, 0.5) is 4.39 Å². The summed E-state index contributed by atoms with van der Waals surface area (Å²) in [5.41, 5.74) is 2.27. The number of hydrogen-bond acceptors (Lipinski definition) is 3. The zero-order chi connectivity index (χ0) is 20.5. The molecule has 2 aromatic carbocycles. The first-order valence-electron chi connectivity index (χ1n) is 10.2. The highest BCUT2D eigenvalue weighted by Crippen LogP contribution is 2.35. The number of aliphatic imine (C=N–C) groups is 1. The summed E-state index contributed by atoms with van der Waals surface area (Å²) >= 11 is 0. The number of halogens is 1. The summed E-state index contributed by atoms with van der Waals surface area (Å²) in [6.07, 6.45) is 1.89. The molecule has 2 N–H and O–H groups in total. The van der Waals surface area contributed by atoms with Gasteiger partial charge in [-0.15, -0.1) is 0 Å². The van der Waals surface area contributed by atoms with Gasteiger partial charge in [-0.1, -0.05) is 24.3 Å². The van der Waals surface area contributed by atoms with E-state index in [1.807, 2.05) is 19.1 Å². The van der Waals surface area contributed by atoms with Gasteiger partial charge in [0.15, 0.2) is 5.96 Å². The van der Waals surface area contributed by atoms with Gasteiger partial charge in [-0.3, -0.25) is 4.99 Å². The molecule has 0 aromatic heterocycles. The molecule has 3 rings (SSSR count). The minimum Gasteiger partial charge on any atom is -0.494 e. The van der Waals surface area contributed by atoms with Gasteiger partial charge in [0.1, 0.15) is 11.6 Å². The molecule has 1 heterocycles. The number of rotatable bonds is 7. The van der Waals surface area contributed by atoms with Crippen molar-refractivity contribution in [1.82, 2.24) is 10.6 Å². The third kappa shape index (κ3) is 5.70. The monoisotopic (exact) mass is 399 g/mol. The number of hydrogen-bond donors (Lipinski definition) is 2. The van der Waals surface area contributed by atoms with Crippen LogP contribution in [0.1, 0.15) is 30.9 Å². The topological polar surface area (TPSA) is 54.9 Å². The Kier molecular flexibility index (Phi) is 7.47. The Labute approximate surface area is 172 Å². The van der Waals surface area contributed by atoms with Gasteiger partial charge in [0.25, 0.3) is 0 Å². The van der Waals surface area contributed by atoms with Crippen LogP contribution in [0, 0.1) is 5.82 Å². The molecule has 0 saturated carbocycles. The number of guanidine groups is 1. The van der Waals surface area contributed by atoms with Crippen LogP contribution in [0.15, 0.2) is 53.5 Å². The van der Waals surface area contributed by atoms with Gasteiger partial charge < -0.3 is 20.1 Å². The van der Waals surface area contributed by atoms with Crippen LogP contribution < -0.4 is 15.4 Å². The molecule has 0 atom stereocenters. The van der Waals surface area contributed by atoms with Crippen molar-refractivity contribution in [2.75, 3.05) is 33.4 Å². The highest BCUT2D eigenvalue weighted by Gasteiger charge is 2.34. The van der Waals surface area contributed by atoms with Crippen molar-refractivity contribution in [3.05, 3.63) is 65.5 Å². The molecule has 0 spiro atoms. The quantitative estimate of drug-likeness (QED) is 0.551. The summed E-state index contributed by atoms with van der Waals surface area (Å²) in [5.74, 6) is 1.39. The Hall–Kier alpha value is -2.60. The molecule has 1 fully saturated rings. The summed E-state index contributed by atoms with van der Waals surface area (Å²) in [7, 11) is 1.76. The lowest BCUT2D eigenvalue weighted by Crippen LogP contribution is -2.47. The normalized spacial score (nSPS) is 16.3. The average molecular weight is 400 g/mol. The lowest BCUT2D eigenvalue weighted by molar-refractivity contribution is 0.0513. The molecule has 156 valence electrons. The van der Waals surface area contributed by atoms with Crippen molar-refractivity contribution in [3.63, 3.8) is 0 Å². The van der Waals surface area contributed by atoms with Crippen LogP contribution in [-0.4, -0.2) is 39.4 Å². The maximum Gasteiger partial charge on any atom is 0.191 e. The predicted octanol–water partition coefficient (Wildman–Crippen LogP) is 3.64. The molecule has 5 nitrogen and oxygen atoms in total. The van der Waals surface area contributed by atoms with Crippen LogP contribution >= 0.6 is 0 Å². The summed E-state index contributed by atoms with van der Waals surface area (Å²) in [6, 6.07) is 14.9. The van der Waals surface area contributed by atoms with Crippen molar-refractivity contribution in [3.8, 4) is 5.75 Å². The van der Waals surface area contributed by atoms with Crippen LogP contribution in [0.2, 0.25) is 0 Å². The molecule has 0 bridgehead atoms. The zero-order valence-corrected chi connectivity index (χ0v) is 17.2. The molecule has 0 radical (unpaired) electrons. The first-order valence-corrected chi connectivity index (χ1v) is 10.2. The molecule has 1 aliphatic heterocycles. The zero-order valence-electron chi connectivity index (χ0n) is 17.2. The van der Waals surface area contributed by atoms with Crippen molar-refractivity contribution in [2.45, 2.75) is 31.7 Å². The molecule has 0 unspecified atom stereocenters. The fourth-order valence-electron chi connectivity index (χ4n) is 3.66. The van der Waals surface area contributed by atoms with Crippen LogP contribution in [0.3, 0.4) is 0 Å². The van der Waals surface area contributed by atoms with Gasteiger partial charge in [-0.25, -0.2) is 4.39 Å². The van der Waals surface area contributed by atoms with E-state index >= 15 is 0 Å². The average Bonchev–Trinajstić information content (AvgIpc) is 2.76. The second kappa shape index (κ2) is 10.3. The van der Waals surface area contributed by atoms with Gasteiger partial charge in [0.2, 0.25) is 0 Å². The molecule has 2 aromatic rings. The van der Waals surface area contributed by atoms with Gasteiger partial charge in [-0.05, 0) is 55.2 Å². The number of nitrogens with zero attached hydrogens (tertiary/aromatic N) is 1. The van der Waals surface area contributed by atoms with E-state index in [2.05, 4.69) is 27.8 Å². The molecule has 29 heavy (non-hydrogen) atoms. The molecule has 0 amide bonds. The standard InChI is InChI=1S/C23H30FN3O2/c1-3-29-21-10-6-19(7-11-21)23(12-14-28-15-13-23)17-27-22(25-2)26-16-18-4-8-20(24)9-5-18/h4-11H,3,12-17H2,1-2H3,(H2,25,26,27). The summed E-state index contributed by atoms with van der Waals surface area (Å²) in [5, 5.41) is 6.78. The second-order valence-electron chi connectivity index (χ2n) is 7.26. The maximum atomic E-state index is 13.1. The van der Waals surface area contributed by atoms with Crippen LogP contribution in [0.25, 0.3) is 0 Å². The number of ether oxygens (including phenoxy) is 2. The Morgan fingerprint density at radius 1 is 1.07 bits per heavy atom. The lowest BCUT2D eigenvalue weighted by Gasteiger charge is -2.38. The molecular weight excluding hydrogens is 369 g/mol. The van der Waals surface area contributed by atoms with Gasteiger partial charge in [-0.2, -0.15) is 0 Å². The molecule has 0 aliphatic carbocycles. The third-order valence-corrected chi connectivity index (χ3v) is 5.42. The van der Waals surface area contributed by atoms with E-state index in [1.165, 1.54) is 17.7 Å². The number of nitrogens with one attached hydrogen (secondary N) is 2. The Morgan fingerprint density at radius 3 is 2.38 bits per heavy atom. The smallest absolute Gasteiger partial charge is 0.191 e. The largest absolute Gasteiger partial charge is 0.494 e. The predicted molar refractivity (Wildman–Crippen MR) is 114 cm³/mol. The second-order valence-corrected chi connectivity index (χ2v) is 7.26. The van der Waals surface area contributed by atoms with E-state index in [9.17, 15) is 4.39 Å². The molecule has 1 aliphatic rings. The van der Waals surface area contributed by atoms with E-state index in [4.69, 9.17) is 9.47 Å². The summed E-state index contributed by atoms with van der Waals surface area (Å²) in [6.45, 7) is 5.48. The van der Waals surface area contributed by atoms with Gasteiger partial charge in [0, 0.05) is 38.8 Å². The van der Waals surface area contributed by atoms with Crippen molar-refractivity contribution in [2.24, 2.45) is 4.99 Å². The fourth-order valence-corrected chi connectivity index (χ4v) is 3.66. The first kappa shape index (κ1) is 21.1. The lowest BCUT2D eigenvalue weighted by atomic mass is 9.74. The Balaban J connectivity index is 1.65. The molecule has 1 saturated heterocycles. The van der Waals surface area contributed by atoms with Crippen molar-refractivity contribution >= 4 is 5.96 Å². The van der Waals surface area contributed by atoms with Crippen LogP contribution in [0.5, 0.6) is 5.75 Å². The molecular formula is C23H30FN3O2. The fraction of sp³-hybridized carbons (Fsp3) is 0.435. The third-order valence-electron chi connectivity index (χ3n) is 5.42. The SMILES string of the molecule is CCOc1ccc(C2(CNC(=NC)NCc3ccc(F)cc3)CCOCC2)cc1. The minimum absolute atomic E-state index is 0.0174. The Bertz CT molecular complexity index is 785. The minimum atomic E-state index is -0.229. The van der Waals surface area contributed by atoms with E-state index in [1.54, 1.807) is 19.2 Å². The highest BCUT2D eigenvalue weighted by atomic mass is 19.1. The van der Waals surface area contributed by atoms with E-state index in [-0.39, 0.29) is 11.2 Å². The number of benzene rings is 2. The first-order chi connectivity index (χ1) is 14.1. The van der Waals surface area contributed by atoms with E-state index in [0.29, 0.717) is 13.2 Å². The molecule has 6 heteroatoms. The van der Waals surface area contributed by atoms with E-state index in [0.717, 1.165) is 49.9 Å². The summed E-state index contributed by atoms with van der Waals surface area (Å²) in [4.78, 5) is 4.34. The van der Waals surface area contributed by atoms with Crippen LogP contribution in [-0.2, 0) is 16.7 Å². The van der Waals surface area contributed by atoms with Crippen molar-refractivity contribution in [1.29, 1.82) is 0 Å². The maximum absolute atomic E-state index is 13.1. The van der Waals surface area contributed by atoms with Crippen molar-refractivity contribution < 1.29 is 13.9 Å². The van der Waals surface area contributed by atoms with E-state index < -0.39 is 0 Å². The highest BCUT2D eigenvalue weighted by molar-refractivity contribution is 5.79. The van der Waals surface area contributed by atoms with Gasteiger partial charge in [0.05, 0.1) is 6.61 Å². The Morgan fingerprint density at radius 2 is 1.76 bits per heavy atom.